The maximum atomic E-state index is 12.5. The van der Waals surface area contributed by atoms with E-state index in [1.165, 1.54) is 5.56 Å². The summed E-state index contributed by atoms with van der Waals surface area (Å²) in [4.78, 5) is 24.8. The predicted octanol–water partition coefficient (Wildman–Crippen LogP) is 2.71. The van der Waals surface area contributed by atoms with Crippen LogP contribution in [0.5, 0.6) is 0 Å². The van der Waals surface area contributed by atoms with Crippen molar-refractivity contribution in [1.82, 2.24) is 5.32 Å². The molecule has 0 aliphatic rings. The van der Waals surface area contributed by atoms with Gasteiger partial charge in [-0.1, -0.05) is 62.4 Å². The summed E-state index contributed by atoms with van der Waals surface area (Å²) in [5.41, 5.74) is 4.02. The van der Waals surface area contributed by atoms with Crippen molar-refractivity contribution in [3.05, 3.63) is 65.2 Å². The first-order valence-corrected chi connectivity index (χ1v) is 9.83. The van der Waals surface area contributed by atoms with Crippen LogP contribution < -0.4 is 16.0 Å². The van der Waals surface area contributed by atoms with Gasteiger partial charge in [0, 0.05) is 17.2 Å². The van der Waals surface area contributed by atoms with Gasteiger partial charge in [0.05, 0.1) is 6.54 Å². The molecule has 4 N–H and O–H groups in total. The van der Waals surface area contributed by atoms with Gasteiger partial charge in [-0.3, -0.25) is 9.59 Å². The molecule has 0 radical (unpaired) electrons. The van der Waals surface area contributed by atoms with Crippen molar-refractivity contribution >= 4 is 17.5 Å². The molecule has 5 heteroatoms. The fraction of sp³-hybridized carbons (Fsp3) is 0.391. The molecule has 2 aromatic rings. The van der Waals surface area contributed by atoms with E-state index in [1.807, 2.05) is 57.2 Å². The minimum absolute atomic E-state index is 0.0392. The monoisotopic (exact) mass is 382 g/mol. The lowest BCUT2D eigenvalue weighted by molar-refractivity contribution is -0.719. The molecule has 0 saturated carbocycles. The Labute approximate surface area is 167 Å². The van der Waals surface area contributed by atoms with Crippen LogP contribution in [0, 0.1) is 19.8 Å². The highest BCUT2D eigenvalue weighted by atomic mass is 16.2. The molecule has 0 fully saturated rings. The summed E-state index contributed by atoms with van der Waals surface area (Å²) in [7, 11) is 0. The molecule has 0 saturated heterocycles. The topological polar surface area (TPSA) is 74.8 Å². The van der Waals surface area contributed by atoms with E-state index in [4.69, 9.17) is 0 Å². The maximum Gasteiger partial charge on any atom is 0.278 e. The van der Waals surface area contributed by atoms with E-state index in [0.29, 0.717) is 5.92 Å². The Morgan fingerprint density at radius 2 is 1.54 bits per heavy atom. The summed E-state index contributed by atoms with van der Waals surface area (Å²) in [6, 6.07) is 16.0. The molecule has 2 atom stereocenters. The smallest absolute Gasteiger partial charge is 0.278 e. The number of hydrogen-bond acceptors (Lipinski definition) is 2. The largest absolute Gasteiger partial charge is 0.342 e. The zero-order chi connectivity index (χ0) is 20.7. The van der Waals surface area contributed by atoms with Crippen LogP contribution in [0.25, 0.3) is 0 Å². The lowest BCUT2D eigenvalue weighted by Gasteiger charge is -2.23. The zero-order valence-electron chi connectivity index (χ0n) is 17.5. The van der Waals surface area contributed by atoms with E-state index < -0.39 is 0 Å². The number of aryl methyl sites for hydroxylation is 2. The molecule has 0 aromatic heterocycles. The third-order valence-corrected chi connectivity index (χ3v) is 4.98. The zero-order valence-corrected chi connectivity index (χ0v) is 17.5. The Kier molecular flexibility index (Phi) is 7.76. The second-order valence-electron chi connectivity index (χ2n) is 7.69. The number of amides is 2. The fourth-order valence-corrected chi connectivity index (χ4v) is 3.32. The second-order valence-corrected chi connectivity index (χ2v) is 7.69. The molecular weight excluding hydrogens is 350 g/mol. The molecule has 5 nitrogen and oxygen atoms in total. The fourth-order valence-electron chi connectivity index (χ4n) is 3.32. The quantitative estimate of drug-likeness (QED) is 0.657. The minimum atomic E-state index is -0.291. The van der Waals surface area contributed by atoms with Crippen molar-refractivity contribution in [1.29, 1.82) is 0 Å². The van der Waals surface area contributed by atoms with Crippen LogP contribution >= 0.6 is 0 Å². The Hall–Kier alpha value is -2.66. The normalized spacial score (nSPS) is 13.1. The van der Waals surface area contributed by atoms with Crippen molar-refractivity contribution < 1.29 is 14.9 Å². The Morgan fingerprint density at radius 1 is 0.929 bits per heavy atom. The molecule has 0 aliphatic heterocycles. The standard InChI is InChI=1S/C23H31N3O2/c1-15(2)21(19-12-7-6-8-13-19)25-18(5)23(28)24-14-20(27)26-22-16(3)10-9-11-17(22)4/h6-13,15,18,21,25H,14H2,1-5H3,(H,24,28)(H,26,27)/p+1/t18-,21+/m1/s1. The van der Waals surface area contributed by atoms with Gasteiger partial charge >= 0.3 is 0 Å². The first kappa shape index (κ1) is 21.6. The van der Waals surface area contributed by atoms with E-state index in [1.54, 1.807) is 0 Å². The number of rotatable bonds is 8. The third-order valence-electron chi connectivity index (χ3n) is 4.98. The maximum absolute atomic E-state index is 12.5. The van der Waals surface area contributed by atoms with Crippen molar-refractivity contribution in [2.24, 2.45) is 5.92 Å². The van der Waals surface area contributed by atoms with Crippen LogP contribution in [-0.4, -0.2) is 24.4 Å². The number of benzene rings is 2. The van der Waals surface area contributed by atoms with Crippen molar-refractivity contribution in [3.8, 4) is 0 Å². The molecule has 28 heavy (non-hydrogen) atoms. The highest BCUT2D eigenvalue weighted by Gasteiger charge is 2.25. The van der Waals surface area contributed by atoms with Gasteiger partial charge in [-0.2, -0.15) is 0 Å². The van der Waals surface area contributed by atoms with Gasteiger partial charge in [0.1, 0.15) is 6.04 Å². The van der Waals surface area contributed by atoms with Gasteiger partial charge in [-0.05, 0) is 31.9 Å². The minimum Gasteiger partial charge on any atom is -0.342 e. The van der Waals surface area contributed by atoms with Crippen LogP contribution in [0.2, 0.25) is 0 Å². The molecule has 0 unspecified atom stereocenters. The van der Waals surface area contributed by atoms with E-state index in [2.05, 4.69) is 41.9 Å². The molecule has 0 bridgehead atoms. The van der Waals surface area contributed by atoms with Crippen molar-refractivity contribution in [2.45, 2.75) is 46.7 Å². The molecule has 150 valence electrons. The number of hydrogen-bond donors (Lipinski definition) is 3. The van der Waals surface area contributed by atoms with E-state index in [9.17, 15) is 9.59 Å². The number of para-hydroxylation sites is 1. The molecule has 2 rings (SSSR count). The van der Waals surface area contributed by atoms with Crippen LogP contribution in [-0.2, 0) is 9.59 Å². The van der Waals surface area contributed by atoms with E-state index in [-0.39, 0.29) is 30.4 Å². The summed E-state index contributed by atoms with van der Waals surface area (Å²) in [6.07, 6.45) is 0. The van der Waals surface area contributed by atoms with Crippen molar-refractivity contribution in [2.75, 3.05) is 11.9 Å². The van der Waals surface area contributed by atoms with Crippen LogP contribution in [0.15, 0.2) is 48.5 Å². The summed E-state index contributed by atoms with van der Waals surface area (Å²) < 4.78 is 0. The van der Waals surface area contributed by atoms with Gasteiger partial charge < -0.3 is 16.0 Å². The van der Waals surface area contributed by atoms with Gasteiger partial charge in [-0.15, -0.1) is 0 Å². The lowest BCUT2D eigenvalue weighted by Crippen LogP contribution is -2.93. The highest BCUT2D eigenvalue weighted by Crippen LogP contribution is 2.19. The lowest BCUT2D eigenvalue weighted by atomic mass is 9.95. The van der Waals surface area contributed by atoms with Gasteiger partial charge in [0.15, 0.2) is 6.04 Å². The first-order chi connectivity index (χ1) is 13.3. The Bertz CT molecular complexity index is 782. The number of nitrogens with two attached hydrogens (primary N) is 1. The summed E-state index contributed by atoms with van der Waals surface area (Å²) in [5, 5.41) is 7.72. The number of carbonyl (C=O) groups excluding carboxylic acids is 2. The second kappa shape index (κ2) is 10.0. The number of quaternary nitrogens is 1. The molecular formula is C23H32N3O2+. The molecule has 2 amide bonds. The summed E-state index contributed by atoms with van der Waals surface area (Å²) in [5.74, 6) is 0.0182. The number of carbonyl (C=O) groups is 2. The average Bonchev–Trinajstić information content (AvgIpc) is 2.67. The van der Waals surface area contributed by atoms with E-state index in [0.717, 1.165) is 16.8 Å². The molecule has 2 aromatic carbocycles. The number of nitrogens with one attached hydrogen (secondary N) is 2. The first-order valence-electron chi connectivity index (χ1n) is 9.83. The summed E-state index contributed by atoms with van der Waals surface area (Å²) in [6.45, 7) is 10.0. The van der Waals surface area contributed by atoms with E-state index >= 15 is 0 Å². The van der Waals surface area contributed by atoms with Gasteiger partial charge in [-0.25, -0.2) is 0 Å². The van der Waals surface area contributed by atoms with Crippen LogP contribution in [0.4, 0.5) is 5.69 Å². The average molecular weight is 383 g/mol. The Morgan fingerprint density at radius 3 is 2.11 bits per heavy atom. The van der Waals surface area contributed by atoms with Gasteiger partial charge in [0.25, 0.3) is 5.91 Å². The number of anilines is 1. The van der Waals surface area contributed by atoms with Crippen molar-refractivity contribution in [3.63, 3.8) is 0 Å². The molecule has 0 spiro atoms. The SMILES string of the molecule is Cc1cccc(C)c1NC(=O)CNC(=O)[C@@H](C)[NH2+][C@H](c1ccccc1)C(C)C. The highest BCUT2D eigenvalue weighted by molar-refractivity contribution is 5.96. The van der Waals surface area contributed by atoms with Gasteiger partial charge in [0.2, 0.25) is 5.91 Å². The predicted molar refractivity (Wildman–Crippen MR) is 113 cm³/mol. The Balaban J connectivity index is 1.90. The van der Waals surface area contributed by atoms with Crippen LogP contribution in [0.1, 0.15) is 43.5 Å². The van der Waals surface area contributed by atoms with Crippen LogP contribution in [0.3, 0.4) is 0 Å². The summed E-state index contributed by atoms with van der Waals surface area (Å²) >= 11 is 0. The third kappa shape index (κ3) is 5.92. The molecule has 0 heterocycles. The molecule has 0 aliphatic carbocycles.